The maximum absolute atomic E-state index is 12.4. The van der Waals surface area contributed by atoms with Gasteiger partial charge in [0.05, 0.1) is 12.5 Å². The van der Waals surface area contributed by atoms with Crippen LogP contribution in [0.1, 0.15) is 23.4 Å². The van der Waals surface area contributed by atoms with E-state index < -0.39 is 6.04 Å². The molecule has 2 aromatic rings. The Morgan fingerprint density at radius 3 is 3.00 bits per heavy atom. The highest BCUT2D eigenvalue weighted by Gasteiger charge is 2.31. The number of piperazine rings is 1. The van der Waals surface area contributed by atoms with Crippen LogP contribution < -0.4 is 10.6 Å². The molecule has 1 fully saturated rings. The second-order valence-corrected chi connectivity index (χ2v) is 7.02. The summed E-state index contributed by atoms with van der Waals surface area (Å²) in [6, 6.07) is 7.82. The maximum Gasteiger partial charge on any atom is 0.237 e. The smallest absolute Gasteiger partial charge is 0.237 e. The number of hydrogen-bond acceptors (Lipinski definition) is 4. The van der Waals surface area contributed by atoms with Gasteiger partial charge in [-0.05, 0) is 12.5 Å². The molecule has 0 aliphatic carbocycles. The summed E-state index contributed by atoms with van der Waals surface area (Å²) < 4.78 is 1.93. The fraction of sp³-hybridized carbons (Fsp3) is 0.450. The SMILES string of the molecule is Cc1cccc(CN2CCNC(=O)[C@@H]2CC(=O)NCCc2nccn2C)c1. The van der Waals surface area contributed by atoms with Crippen LogP contribution in [0.3, 0.4) is 0 Å². The second kappa shape index (κ2) is 8.81. The van der Waals surface area contributed by atoms with Crippen molar-refractivity contribution in [2.24, 2.45) is 7.05 Å². The average molecular weight is 369 g/mol. The van der Waals surface area contributed by atoms with E-state index in [1.165, 1.54) is 5.56 Å². The number of nitrogens with one attached hydrogen (secondary N) is 2. The molecule has 2 amide bonds. The number of carbonyl (C=O) groups is 2. The Balaban J connectivity index is 1.55. The lowest BCUT2D eigenvalue weighted by molar-refractivity contribution is -0.134. The molecule has 0 saturated carbocycles. The van der Waals surface area contributed by atoms with Gasteiger partial charge in [0, 0.05) is 52.0 Å². The number of hydrogen-bond donors (Lipinski definition) is 2. The van der Waals surface area contributed by atoms with E-state index in [1.54, 1.807) is 6.20 Å². The second-order valence-electron chi connectivity index (χ2n) is 7.02. The van der Waals surface area contributed by atoms with Crippen LogP contribution in [-0.4, -0.2) is 51.9 Å². The van der Waals surface area contributed by atoms with Crippen molar-refractivity contribution in [3.63, 3.8) is 0 Å². The zero-order valence-corrected chi connectivity index (χ0v) is 15.9. The molecule has 0 unspecified atom stereocenters. The molecular weight excluding hydrogens is 342 g/mol. The zero-order valence-electron chi connectivity index (χ0n) is 15.9. The van der Waals surface area contributed by atoms with Gasteiger partial charge < -0.3 is 15.2 Å². The lowest BCUT2D eigenvalue weighted by Gasteiger charge is -2.34. The third-order valence-electron chi connectivity index (χ3n) is 4.88. The van der Waals surface area contributed by atoms with E-state index in [-0.39, 0.29) is 18.2 Å². The normalized spacial score (nSPS) is 17.6. The molecule has 144 valence electrons. The third-order valence-corrected chi connectivity index (χ3v) is 4.88. The molecular formula is C20H27N5O2. The van der Waals surface area contributed by atoms with Gasteiger partial charge >= 0.3 is 0 Å². The maximum atomic E-state index is 12.4. The lowest BCUT2D eigenvalue weighted by atomic mass is 10.1. The highest BCUT2D eigenvalue weighted by atomic mass is 16.2. The highest BCUT2D eigenvalue weighted by molar-refractivity contribution is 5.88. The molecule has 2 heterocycles. The Morgan fingerprint density at radius 2 is 2.26 bits per heavy atom. The fourth-order valence-electron chi connectivity index (χ4n) is 3.42. The fourth-order valence-corrected chi connectivity index (χ4v) is 3.42. The molecule has 1 aromatic carbocycles. The van der Waals surface area contributed by atoms with Crippen molar-refractivity contribution in [2.75, 3.05) is 19.6 Å². The van der Waals surface area contributed by atoms with E-state index in [0.29, 0.717) is 26.1 Å². The van der Waals surface area contributed by atoms with Gasteiger partial charge in [0.25, 0.3) is 0 Å². The van der Waals surface area contributed by atoms with Crippen LogP contribution in [0.15, 0.2) is 36.7 Å². The summed E-state index contributed by atoms with van der Waals surface area (Å²) >= 11 is 0. The van der Waals surface area contributed by atoms with Gasteiger partial charge in [-0.15, -0.1) is 0 Å². The molecule has 7 heteroatoms. The van der Waals surface area contributed by atoms with Gasteiger partial charge in [-0.1, -0.05) is 29.8 Å². The molecule has 1 aromatic heterocycles. The summed E-state index contributed by atoms with van der Waals surface area (Å²) in [5.41, 5.74) is 2.35. The summed E-state index contributed by atoms with van der Waals surface area (Å²) in [6.07, 6.45) is 4.46. The molecule has 1 atom stereocenters. The number of carbonyl (C=O) groups excluding carboxylic acids is 2. The quantitative estimate of drug-likeness (QED) is 0.756. The lowest BCUT2D eigenvalue weighted by Crippen LogP contribution is -2.56. The van der Waals surface area contributed by atoms with Crippen molar-refractivity contribution < 1.29 is 9.59 Å². The Hall–Kier alpha value is -2.67. The van der Waals surface area contributed by atoms with E-state index in [1.807, 2.05) is 23.9 Å². The molecule has 1 saturated heterocycles. The standard InChI is InChI=1S/C20H27N5O2/c1-15-4-3-5-16(12-15)14-25-11-9-23-20(27)17(25)13-19(26)22-7-6-18-21-8-10-24(18)2/h3-5,8,10,12,17H,6-7,9,11,13-14H2,1-2H3,(H,22,26)(H,23,27)/t17-/m0/s1. The summed E-state index contributed by atoms with van der Waals surface area (Å²) in [4.78, 5) is 31.1. The Labute approximate surface area is 159 Å². The van der Waals surface area contributed by atoms with Crippen molar-refractivity contribution in [1.29, 1.82) is 0 Å². The number of amides is 2. The number of benzene rings is 1. The number of imidazole rings is 1. The number of aryl methyl sites for hydroxylation is 2. The molecule has 7 nitrogen and oxygen atoms in total. The summed E-state index contributed by atoms with van der Waals surface area (Å²) in [5, 5.41) is 5.79. The molecule has 0 bridgehead atoms. The van der Waals surface area contributed by atoms with Gasteiger partial charge in [0.15, 0.2) is 0 Å². The first-order valence-electron chi connectivity index (χ1n) is 9.33. The number of aromatic nitrogens is 2. The van der Waals surface area contributed by atoms with Crippen molar-refractivity contribution in [1.82, 2.24) is 25.1 Å². The minimum Gasteiger partial charge on any atom is -0.356 e. The van der Waals surface area contributed by atoms with Crippen molar-refractivity contribution in [2.45, 2.75) is 32.4 Å². The largest absolute Gasteiger partial charge is 0.356 e. The monoisotopic (exact) mass is 369 g/mol. The minimum atomic E-state index is -0.438. The molecule has 3 rings (SSSR count). The molecule has 0 spiro atoms. The van der Waals surface area contributed by atoms with Crippen LogP contribution in [0.4, 0.5) is 0 Å². The van der Waals surface area contributed by atoms with E-state index in [4.69, 9.17) is 0 Å². The van der Waals surface area contributed by atoms with Crippen LogP contribution in [0.5, 0.6) is 0 Å². The summed E-state index contributed by atoms with van der Waals surface area (Å²) in [7, 11) is 1.93. The van der Waals surface area contributed by atoms with E-state index >= 15 is 0 Å². The van der Waals surface area contributed by atoms with Crippen molar-refractivity contribution in [3.05, 3.63) is 53.6 Å². The van der Waals surface area contributed by atoms with Gasteiger partial charge in [-0.25, -0.2) is 4.98 Å². The van der Waals surface area contributed by atoms with Gasteiger partial charge in [0.2, 0.25) is 11.8 Å². The number of nitrogens with zero attached hydrogens (tertiary/aromatic N) is 3. The van der Waals surface area contributed by atoms with Crippen molar-refractivity contribution in [3.8, 4) is 0 Å². The summed E-state index contributed by atoms with van der Waals surface area (Å²) in [6.45, 7) is 4.59. The molecule has 2 N–H and O–H groups in total. The highest BCUT2D eigenvalue weighted by Crippen LogP contribution is 2.15. The number of rotatable bonds is 7. The van der Waals surface area contributed by atoms with E-state index in [0.717, 1.165) is 17.9 Å². The molecule has 27 heavy (non-hydrogen) atoms. The summed E-state index contributed by atoms with van der Waals surface area (Å²) in [5.74, 6) is 0.737. The van der Waals surface area contributed by atoms with Crippen LogP contribution >= 0.6 is 0 Å². The molecule has 1 aliphatic rings. The first kappa shape index (κ1) is 19.1. The minimum absolute atomic E-state index is 0.0758. The Morgan fingerprint density at radius 1 is 1.41 bits per heavy atom. The first-order chi connectivity index (χ1) is 13.0. The predicted molar refractivity (Wildman–Crippen MR) is 103 cm³/mol. The van der Waals surface area contributed by atoms with Crippen LogP contribution in [-0.2, 0) is 29.6 Å². The van der Waals surface area contributed by atoms with Crippen LogP contribution in [0, 0.1) is 6.92 Å². The zero-order chi connectivity index (χ0) is 19.2. The third kappa shape index (κ3) is 5.17. The van der Waals surface area contributed by atoms with E-state index in [2.05, 4.69) is 45.6 Å². The molecule has 1 aliphatic heterocycles. The molecule has 0 radical (unpaired) electrons. The Kier molecular flexibility index (Phi) is 6.24. The first-order valence-corrected chi connectivity index (χ1v) is 9.33. The predicted octanol–water partition coefficient (Wildman–Crippen LogP) is 0.778. The van der Waals surface area contributed by atoms with Gasteiger partial charge in [-0.2, -0.15) is 0 Å². The van der Waals surface area contributed by atoms with Crippen molar-refractivity contribution >= 4 is 11.8 Å². The van der Waals surface area contributed by atoms with E-state index in [9.17, 15) is 9.59 Å². The Bertz CT molecular complexity index is 801. The van der Waals surface area contributed by atoms with Gasteiger partial charge in [0.1, 0.15) is 5.82 Å². The average Bonchev–Trinajstić information content (AvgIpc) is 3.03. The van der Waals surface area contributed by atoms with Crippen LogP contribution in [0.2, 0.25) is 0 Å². The van der Waals surface area contributed by atoms with Crippen LogP contribution in [0.25, 0.3) is 0 Å². The van der Waals surface area contributed by atoms with Gasteiger partial charge in [-0.3, -0.25) is 14.5 Å². The topological polar surface area (TPSA) is 79.3 Å².